The Balaban J connectivity index is 1.48. The van der Waals surface area contributed by atoms with Crippen LogP contribution < -0.4 is 10.2 Å². The van der Waals surface area contributed by atoms with Gasteiger partial charge in [-0.25, -0.2) is 4.79 Å². The van der Waals surface area contributed by atoms with E-state index in [0.29, 0.717) is 0 Å². The fourth-order valence-electron chi connectivity index (χ4n) is 5.37. The summed E-state index contributed by atoms with van der Waals surface area (Å²) in [7, 11) is 1.79. The average molecular weight is 300 g/mol. The van der Waals surface area contributed by atoms with Crippen LogP contribution >= 0.6 is 0 Å². The Morgan fingerprint density at radius 3 is 2.09 bits per heavy atom. The van der Waals surface area contributed by atoms with E-state index in [1.54, 1.807) is 36.2 Å². The molecule has 4 aliphatic carbocycles. The lowest BCUT2D eigenvalue weighted by atomic mass is 9.53. The van der Waals surface area contributed by atoms with Crippen molar-refractivity contribution in [2.45, 2.75) is 44.1 Å². The molecule has 118 valence electrons. The van der Waals surface area contributed by atoms with Crippen molar-refractivity contribution in [1.29, 1.82) is 0 Å². The molecule has 0 atom stereocenters. The third-order valence-corrected chi connectivity index (χ3v) is 5.95. The van der Waals surface area contributed by atoms with Gasteiger partial charge in [0.15, 0.2) is 0 Å². The second-order valence-electron chi connectivity index (χ2n) is 7.70. The molecule has 22 heavy (non-hydrogen) atoms. The van der Waals surface area contributed by atoms with Gasteiger partial charge in [-0.1, -0.05) is 0 Å². The van der Waals surface area contributed by atoms with Gasteiger partial charge in [-0.15, -0.1) is 0 Å². The van der Waals surface area contributed by atoms with Gasteiger partial charge >= 0.3 is 6.03 Å². The Kier molecular flexibility index (Phi) is 3.10. The summed E-state index contributed by atoms with van der Waals surface area (Å²) in [5.74, 6) is 2.69. The van der Waals surface area contributed by atoms with Crippen molar-refractivity contribution in [3.63, 3.8) is 0 Å². The monoisotopic (exact) mass is 300 g/mol. The summed E-state index contributed by atoms with van der Waals surface area (Å²) in [6.45, 7) is 0. The molecule has 4 fully saturated rings. The number of carbonyl (C=O) groups is 1. The molecule has 0 aromatic heterocycles. The lowest BCUT2D eigenvalue weighted by molar-refractivity contribution is -0.0130. The molecular weight excluding hydrogens is 276 g/mol. The highest BCUT2D eigenvalue weighted by Gasteiger charge is 2.51. The minimum Gasteiger partial charge on any atom is -0.508 e. The van der Waals surface area contributed by atoms with E-state index in [0.717, 1.165) is 42.7 Å². The van der Waals surface area contributed by atoms with E-state index in [1.807, 2.05) is 0 Å². The first kappa shape index (κ1) is 13.9. The third kappa shape index (κ3) is 2.34. The van der Waals surface area contributed by atoms with Gasteiger partial charge in [0, 0.05) is 18.3 Å². The van der Waals surface area contributed by atoms with E-state index in [-0.39, 0.29) is 17.3 Å². The number of rotatable bonds is 2. The second-order valence-corrected chi connectivity index (χ2v) is 7.70. The number of carbonyl (C=O) groups excluding carboxylic acids is 1. The number of benzene rings is 1. The second kappa shape index (κ2) is 4.90. The topological polar surface area (TPSA) is 52.6 Å². The molecule has 4 aliphatic rings. The smallest absolute Gasteiger partial charge is 0.322 e. The largest absolute Gasteiger partial charge is 0.508 e. The summed E-state index contributed by atoms with van der Waals surface area (Å²) in [6.07, 6.45) is 7.62. The molecule has 0 heterocycles. The molecule has 0 aliphatic heterocycles. The van der Waals surface area contributed by atoms with Gasteiger partial charge in [0.05, 0.1) is 0 Å². The SMILES string of the molecule is CN(C(=O)NC12CC3CC(CC(C3)C1)C2)c1ccc(O)cc1. The maximum atomic E-state index is 12.7. The first-order valence-corrected chi connectivity index (χ1v) is 8.38. The summed E-state index contributed by atoms with van der Waals surface area (Å²) >= 11 is 0. The summed E-state index contributed by atoms with van der Waals surface area (Å²) in [5, 5.41) is 12.7. The number of phenols is 1. The van der Waals surface area contributed by atoms with Gasteiger partial charge in [0.2, 0.25) is 0 Å². The molecule has 1 aromatic carbocycles. The summed E-state index contributed by atoms with van der Waals surface area (Å²) in [4.78, 5) is 14.3. The van der Waals surface area contributed by atoms with Crippen molar-refractivity contribution in [2.24, 2.45) is 17.8 Å². The minimum absolute atomic E-state index is 0.0207. The number of anilines is 1. The van der Waals surface area contributed by atoms with Crippen molar-refractivity contribution in [1.82, 2.24) is 5.32 Å². The van der Waals surface area contributed by atoms with Crippen LogP contribution in [-0.2, 0) is 0 Å². The van der Waals surface area contributed by atoms with Crippen molar-refractivity contribution in [3.8, 4) is 5.75 Å². The predicted octanol–water partition coefficient (Wildman–Crippen LogP) is 3.51. The van der Waals surface area contributed by atoms with Crippen LogP contribution in [0.4, 0.5) is 10.5 Å². The van der Waals surface area contributed by atoms with Crippen LogP contribution in [0.25, 0.3) is 0 Å². The molecule has 4 heteroatoms. The first-order valence-electron chi connectivity index (χ1n) is 8.38. The van der Waals surface area contributed by atoms with Crippen LogP contribution in [0.5, 0.6) is 5.75 Å². The highest BCUT2D eigenvalue weighted by atomic mass is 16.3. The molecule has 0 spiro atoms. The Labute approximate surface area is 131 Å². The normalized spacial score (nSPS) is 35.4. The predicted molar refractivity (Wildman–Crippen MR) is 85.9 cm³/mol. The van der Waals surface area contributed by atoms with Crippen molar-refractivity contribution in [2.75, 3.05) is 11.9 Å². The number of urea groups is 1. The van der Waals surface area contributed by atoms with Crippen molar-refractivity contribution in [3.05, 3.63) is 24.3 Å². The van der Waals surface area contributed by atoms with E-state index >= 15 is 0 Å². The summed E-state index contributed by atoms with van der Waals surface area (Å²) in [6, 6.07) is 6.75. The Bertz CT molecular complexity index is 546. The zero-order chi connectivity index (χ0) is 15.3. The molecular formula is C18H24N2O2. The molecule has 0 saturated heterocycles. The van der Waals surface area contributed by atoms with Gasteiger partial charge in [-0.05, 0) is 80.5 Å². The molecule has 4 saturated carbocycles. The van der Waals surface area contributed by atoms with Crippen LogP contribution in [0.3, 0.4) is 0 Å². The van der Waals surface area contributed by atoms with Gasteiger partial charge in [-0.3, -0.25) is 4.90 Å². The van der Waals surface area contributed by atoms with E-state index < -0.39 is 0 Å². The summed E-state index contributed by atoms with van der Waals surface area (Å²) in [5.41, 5.74) is 0.844. The molecule has 2 N–H and O–H groups in total. The Morgan fingerprint density at radius 2 is 1.59 bits per heavy atom. The molecule has 5 rings (SSSR count). The number of nitrogens with zero attached hydrogens (tertiary/aromatic N) is 1. The standard InChI is InChI=1S/C18H24N2O2/c1-20(15-2-4-16(21)5-3-15)17(22)19-18-9-12-6-13(10-18)8-14(7-12)11-18/h2-5,12-14,21H,6-11H2,1H3,(H,19,22). The lowest BCUT2D eigenvalue weighted by Gasteiger charge is -2.57. The van der Waals surface area contributed by atoms with Crippen LogP contribution in [0.15, 0.2) is 24.3 Å². The zero-order valence-electron chi connectivity index (χ0n) is 13.1. The van der Waals surface area contributed by atoms with Gasteiger partial charge in [-0.2, -0.15) is 0 Å². The van der Waals surface area contributed by atoms with Gasteiger partial charge < -0.3 is 10.4 Å². The maximum Gasteiger partial charge on any atom is 0.322 e. The lowest BCUT2D eigenvalue weighted by Crippen LogP contribution is -2.61. The fraction of sp³-hybridized carbons (Fsp3) is 0.611. The fourth-order valence-corrected chi connectivity index (χ4v) is 5.37. The molecule has 4 bridgehead atoms. The van der Waals surface area contributed by atoms with Crippen molar-refractivity contribution >= 4 is 11.7 Å². The minimum atomic E-state index is -0.0207. The van der Waals surface area contributed by atoms with E-state index in [2.05, 4.69) is 5.32 Å². The number of nitrogens with one attached hydrogen (secondary N) is 1. The molecule has 1 aromatic rings. The number of hydrogen-bond donors (Lipinski definition) is 2. The third-order valence-electron chi connectivity index (χ3n) is 5.95. The van der Waals surface area contributed by atoms with Gasteiger partial charge in [0.25, 0.3) is 0 Å². The highest BCUT2D eigenvalue weighted by Crippen LogP contribution is 2.55. The molecule has 0 radical (unpaired) electrons. The van der Waals surface area contributed by atoms with Crippen LogP contribution in [0.1, 0.15) is 38.5 Å². The number of phenolic OH excluding ortho intramolecular Hbond substituents is 1. The number of aromatic hydroxyl groups is 1. The maximum absolute atomic E-state index is 12.7. The summed E-state index contributed by atoms with van der Waals surface area (Å²) < 4.78 is 0. The number of amides is 2. The Hall–Kier alpha value is -1.71. The van der Waals surface area contributed by atoms with Crippen LogP contribution in [0, 0.1) is 17.8 Å². The van der Waals surface area contributed by atoms with E-state index in [9.17, 15) is 9.90 Å². The van der Waals surface area contributed by atoms with E-state index in [4.69, 9.17) is 0 Å². The van der Waals surface area contributed by atoms with Gasteiger partial charge in [0.1, 0.15) is 5.75 Å². The van der Waals surface area contributed by atoms with Crippen LogP contribution in [-0.4, -0.2) is 23.7 Å². The average Bonchev–Trinajstić information content (AvgIpc) is 2.45. The molecule has 0 unspecified atom stereocenters. The Morgan fingerprint density at radius 1 is 1.09 bits per heavy atom. The van der Waals surface area contributed by atoms with Crippen molar-refractivity contribution < 1.29 is 9.90 Å². The van der Waals surface area contributed by atoms with Crippen LogP contribution in [0.2, 0.25) is 0 Å². The first-order chi connectivity index (χ1) is 10.5. The highest BCUT2D eigenvalue weighted by molar-refractivity contribution is 5.92. The quantitative estimate of drug-likeness (QED) is 0.878. The van der Waals surface area contributed by atoms with E-state index in [1.165, 1.54) is 19.3 Å². The molecule has 4 nitrogen and oxygen atoms in total. The molecule has 2 amide bonds. The number of hydrogen-bond acceptors (Lipinski definition) is 2. The zero-order valence-corrected chi connectivity index (χ0v) is 13.1.